The summed E-state index contributed by atoms with van der Waals surface area (Å²) < 4.78 is 0. The number of phenols is 1. The van der Waals surface area contributed by atoms with Gasteiger partial charge in [-0.3, -0.25) is 14.4 Å². The summed E-state index contributed by atoms with van der Waals surface area (Å²) in [6.07, 6.45) is 6.27. The van der Waals surface area contributed by atoms with E-state index in [9.17, 15) is 19.5 Å². The number of hydrogen-bond acceptors (Lipinski definition) is 4. The molecule has 4 heterocycles. The van der Waals surface area contributed by atoms with Gasteiger partial charge in [-0.15, -0.1) is 11.6 Å². The lowest BCUT2D eigenvalue weighted by Gasteiger charge is -2.69. The molecular formula is C31H35ClN4O4. The number of ketones is 1. The second-order valence-corrected chi connectivity index (χ2v) is 13.5. The Bertz CT molecular complexity index is 1620. The van der Waals surface area contributed by atoms with Crippen LogP contribution < -0.4 is 4.90 Å². The van der Waals surface area contributed by atoms with Crippen LogP contribution in [0.15, 0.2) is 18.5 Å². The second-order valence-electron chi connectivity index (χ2n) is 13.2. The Balaban J connectivity index is 1.09. The fourth-order valence-electron chi connectivity index (χ4n) is 8.62. The number of halogens is 1. The SMILES string of the molecule is CC(=O)c1[nH]cc(C)c1C1(C)CCN(C(=O)C23CC(C(=O)N4CC(CCl)c5c4cc(O)c4[nH]cc(C)c54)(C2)C3)C1. The molecule has 5 aliphatic rings. The Morgan fingerprint density at radius 2 is 1.75 bits per heavy atom. The predicted octanol–water partition coefficient (Wildman–Crippen LogP) is 5.05. The number of phenolic OH excluding ortho intramolecular Hbond substituents is 1. The average molecular weight is 563 g/mol. The highest BCUT2D eigenvalue weighted by molar-refractivity contribution is 6.19. The fourth-order valence-corrected chi connectivity index (χ4v) is 8.87. The first-order valence-corrected chi connectivity index (χ1v) is 14.7. The average Bonchev–Trinajstić information content (AvgIpc) is 3.62. The van der Waals surface area contributed by atoms with E-state index < -0.39 is 10.8 Å². The number of rotatable bonds is 5. The van der Waals surface area contributed by atoms with Crippen molar-refractivity contribution in [2.45, 2.75) is 64.7 Å². The number of anilines is 1. The van der Waals surface area contributed by atoms with Crippen molar-refractivity contribution in [1.29, 1.82) is 0 Å². The van der Waals surface area contributed by atoms with E-state index >= 15 is 0 Å². The number of benzene rings is 1. The van der Waals surface area contributed by atoms with Crippen molar-refractivity contribution >= 4 is 45.8 Å². The minimum absolute atomic E-state index is 0.00888. The standard InChI is InChI=1S/C31H35ClN4O4/c1-16-9-34-26-21(38)7-20-23(22(16)26)19(8-32)11-36(20)28(40)31-12-30(13-31,14-31)27(39)35-6-5-29(4,15-35)24-17(2)10-33-25(24)18(3)37/h7,9-10,19,33-34,38H,5-6,8,11-15H2,1-4H3. The first-order valence-electron chi connectivity index (χ1n) is 14.1. The van der Waals surface area contributed by atoms with Crippen LogP contribution in [0.2, 0.25) is 0 Å². The first-order chi connectivity index (χ1) is 18.9. The number of aromatic amines is 2. The van der Waals surface area contributed by atoms with Gasteiger partial charge in [-0.1, -0.05) is 6.92 Å². The molecule has 2 aromatic heterocycles. The van der Waals surface area contributed by atoms with E-state index in [0.29, 0.717) is 56.0 Å². The molecule has 2 unspecified atom stereocenters. The van der Waals surface area contributed by atoms with Crippen molar-refractivity contribution < 1.29 is 19.5 Å². The van der Waals surface area contributed by atoms with Crippen LogP contribution in [-0.4, -0.2) is 63.1 Å². The summed E-state index contributed by atoms with van der Waals surface area (Å²) in [4.78, 5) is 50.1. The highest BCUT2D eigenvalue weighted by Gasteiger charge is 2.76. The molecule has 2 bridgehead atoms. The van der Waals surface area contributed by atoms with Crippen molar-refractivity contribution in [1.82, 2.24) is 14.9 Å². The Hall–Kier alpha value is -3.26. The van der Waals surface area contributed by atoms with E-state index in [-0.39, 0.29) is 34.7 Å². The number of carbonyl (C=O) groups is 3. The van der Waals surface area contributed by atoms with Crippen LogP contribution in [0.4, 0.5) is 5.69 Å². The quantitative estimate of drug-likeness (QED) is 0.298. The minimum Gasteiger partial charge on any atom is -0.506 e. The van der Waals surface area contributed by atoms with Crippen LogP contribution in [-0.2, 0) is 15.0 Å². The number of amides is 2. The summed E-state index contributed by atoms with van der Waals surface area (Å²) in [6, 6.07) is 1.69. The number of Topliss-reactive ketones (excluding diaryl/α,β-unsaturated/α-hetero) is 1. The van der Waals surface area contributed by atoms with Crippen LogP contribution in [0.25, 0.3) is 10.9 Å². The van der Waals surface area contributed by atoms with Crippen molar-refractivity contribution in [2.75, 3.05) is 30.4 Å². The normalized spacial score (nSPS) is 30.4. The van der Waals surface area contributed by atoms with Gasteiger partial charge in [0.1, 0.15) is 5.75 Å². The maximum atomic E-state index is 14.0. The molecule has 2 atom stereocenters. The third kappa shape index (κ3) is 3.17. The number of aryl methyl sites for hydroxylation is 2. The van der Waals surface area contributed by atoms with E-state index in [4.69, 9.17) is 11.6 Å². The van der Waals surface area contributed by atoms with Gasteiger partial charge >= 0.3 is 0 Å². The van der Waals surface area contributed by atoms with Gasteiger partial charge in [0.05, 0.1) is 27.7 Å². The summed E-state index contributed by atoms with van der Waals surface area (Å²) >= 11 is 6.39. The topological polar surface area (TPSA) is 110 Å². The number of nitrogens with one attached hydrogen (secondary N) is 2. The molecule has 1 aromatic carbocycles. The number of alkyl halides is 1. The second kappa shape index (κ2) is 8.15. The third-order valence-electron chi connectivity index (χ3n) is 10.4. The molecule has 3 aromatic rings. The maximum Gasteiger partial charge on any atom is 0.233 e. The largest absolute Gasteiger partial charge is 0.506 e. The number of nitrogens with zero attached hydrogens (tertiary/aromatic N) is 2. The molecule has 2 amide bonds. The molecule has 2 aliphatic heterocycles. The lowest BCUT2D eigenvalue weighted by Crippen LogP contribution is -2.72. The highest BCUT2D eigenvalue weighted by atomic mass is 35.5. The Labute approximate surface area is 238 Å². The third-order valence-corrected chi connectivity index (χ3v) is 10.8. The van der Waals surface area contributed by atoms with E-state index in [0.717, 1.165) is 39.7 Å². The van der Waals surface area contributed by atoms with E-state index in [2.05, 4.69) is 16.9 Å². The molecule has 8 nitrogen and oxygen atoms in total. The number of fused-ring (bicyclic) bond motifs is 3. The molecule has 0 radical (unpaired) electrons. The number of aromatic hydroxyl groups is 1. The van der Waals surface area contributed by atoms with Crippen LogP contribution in [0.1, 0.15) is 78.2 Å². The monoisotopic (exact) mass is 562 g/mol. The number of carbonyl (C=O) groups excluding carboxylic acids is 3. The predicted molar refractivity (Wildman–Crippen MR) is 153 cm³/mol. The van der Waals surface area contributed by atoms with Crippen molar-refractivity contribution in [2.24, 2.45) is 10.8 Å². The zero-order valence-electron chi connectivity index (χ0n) is 23.4. The van der Waals surface area contributed by atoms with Crippen LogP contribution in [0.3, 0.4) is 0 Å². The van der Waals surface area contributed by atoms with Gasteiger partial charge in [-0.05, 0) is 61.8 Å². The summed E-state index contributed by atoms with van der Waals surface area (Å²) in [5, 5.41) is 11.7. The summed E-state index contributed by atoms with van der Waals surface area (Å²) in [5.74, 6) is 0.697. The van der Waals surface area contributed by atoms with Gasteiger partial charge < -0.3 is 24.9 Å². The van der Waals surface area contributed by atoms with Gasteiger partial charge in [0.15, 0.2) is 5.78 Å². The van der Waals surface area contributed by atoms with Crippen LogP contribution in [0, 0.1) is 24.7 Å². The van der Waals surface area contributed by atoms with Gasteiger partial charge in [-0.2, -0.15) is 0 Å². The summed E-state index contributed by atoms with van der Waals surface area (Å²) in [6.45, 7) is 9.45. The van der Waals surface area contributed by atoms with Gasteiger partial charge in [0.25, 0.3) is 0 Å². The first kappa shape index (κ1) is 25.7. The maximum absolute atomic E-state index is 14.0. The number of H-pyrrole nitrogens is 2. The summed E-state index contributed by atoms with van der Waals surface area (Å²) in [5.41, 5.74) is 4.92. The zero-order valence-corrected chi connectivity index (χ0v) is 24.2. The van der Waals surface area contributed by atoms with E-state index in [1.807, 2.05) is 36.0 Å². The molecule has 3 N–H and O–H groups in total. The van der Waals surface area contributed by atoms with Crippen LogP contribution in [0.5, 0.6) is 5.75 Å². The smallest absolute Gasteiger partial charge is 0.233 e. The number of likely N-dealkylation sites (tertiary alicyclic amines) is 1. The fraction of sp³-hybridized carbons (Fsp3) is 0.516. The lowest BCUT2D eigenvalue weighted by molar-refractivity contribution is -0.213. The van der Waals surface area contributed by atoms with Crippen molar-refractivity contribution in [3.05, 3.63) is 46.4 Å². The minimum atomic E-state index is -0.520. The van der Waals surface area contributed by atoms with Crippen molar-refractivity contribution in [3.8, 4) is 5.75 Å². The molecule has 210 valence electrons. The van der Waals surface area contributed by atoms with Gasteiger partial charge in [0, 0.05) is 67.6 Å². The number of hydrogen-bond donors (Lipinski definition) is 3. The van der Waals surface area contributed by atoms with E-state index in [1.54, 1.807) is 13.0 Å². The Morgan fingerprint density at radius 3 is 2.42 bits per heavy atom. The van der Waals surface area contributed by atoms with Crippen molar-refractivity contribution in [3.63, 3.8) is 0 Å². The molecule has 9 heteroatoms. The molecular weight excluding hydrogens is 528 g/mol. The molecule has 1 saturated heterocycles. The number of aromatic nitrogens is 2. The van der Waals surface area contributed by atoms with E-state index in [1.165, 1.54) is 0 Å². The molecule has 4 fully saturated rings. The van der Waals surface area contributed by atoms with Crippen LogP contribution >= 0.6 is 11.6 Å². The molecule has 3 saturated carbocycles. The molecule has 3 aliphatic carbocycles. The van der Waals surface area contributed by atoms with Gasteiger partial charge in [0.2, 0.25) is 11.8 Å². The molecule has 0 spiro atoms. The Kier molecular flexibility index (Phi) is 5.24. The molecule has 8 rings (SSSR count). The highest BCUT2D eigenvalue weighted by Crippen LogP contribution is 2.75. The lowest BCUT2D eigenvalue weighted by atomic mass is 9.34. The van der Waals surface area contributed by atoms with Gasteiger partial charge in [-0.25, -0.2) is 0 Å². The summed E-state index contributed by atoms with van der Waals surface area (Å²) in [7, 11) is 0. The Morgan fingerprint density at radius 1 is 1.07 bits per heavy atom. The zero-order chi connectivity index (χ0) is 28.4. The molecule has 40 heavy (non-hydrogen) atoms.